The van der Waals surface area contributed by atoms with Gasteiger partial charge >= 0.3 is 0 Å². The van der Waals surface area contributed by atoms with Crippen molar-refractivity contribution in [3.63, 3.8) is 0 Å². The summed E-state index contributed by atoms with van der Waals surface area (Å²) in [6.45, 7) is 5.72. The maximum absolute atomic E-state index is 5.20. The Kier molecular flexibility index (Phi) is 2.08. The average molecular weight is 192 g/mol. The third-order valence-electron chi connectivity index (χ3n) is 2.30. The van der Waals surface area contributed by atoms with E-state index in [1.54, 1.807) is 7.11 Å². The second-order valence-electron chi connectivity index (χ2n) is 3.19. The van der Waals surface area contributed by atoms with Crippen molar-refractivity contribution >= 4 is 0 Å². The molecule has 0 saturated heterocycles. The fraction of sp³-hybridized carbons (Fsp3) is 0.273. The normalized spacial score (nSPS) is 11.9. The van der Waals surface area contributed by atoms with Gasteiger partial charge in [0.15, 0.2) is 0 Å². The van der Waals surface area contributed by atoms with Crippen LogP contribution in [0, 0.1) is 6.92 Å². The maximum atomic E-state index is 5.20. The van der Waals surface area contributed by atoms with Gasteiger partial charge in [0.1, 0.15) is 0 Å². The molecule has 0 aliphatic carbocycles. The first kappa shape index (κ1) is 8.94. The summed E-state index contributed by atoms with van der Waals surface area (Å²) in [5.41, 5.74) is 2.20. The zero-order valence-corrected chi connectivity index (χ0v) is 8.29. The highest BCUT2D eigenvalue weighted by Gasteiger charge is 2.26. The highest BCUT2D eigenvalue weighted by molar-refractivity contribution is 5.61. The lowest BCUT2D eigenvalue weighted by atomic mass is 10.0. The fourth-order valence-electron chi connectivity index (χ4n) is 1.61. The highest BCUT2D eigenvalue weighted by Crippen LogP contribution is 2.46. The maximum Gasteiger partial charge on any atom is 0.228 e. The van der Waals surface area contributed by atoms with Crippen LogP contribution in [0.5, 0.6) is 17.2 Å². The number of ether oxygens (including phenoxy) is 1. The minimum absolute atomic E-state index is 0.646. The Morgan fingerprint density at radius 3 is 2.93 bits per heavy atom. The Morgan fingerprint density at radius 1 is 1.50 bits per heavy atom. The molecule has 0 N–H and O–H groups in total. The van der Waals surface area contributed by atoms with Gasteiger partial charge in [-0.05, 0) is 25.0 Å². The van der Waals surface area contributed by atoms with E-state index in [9.17, 15) is 0 Å². The predicted octanol–water partition coefficient (Wildman–Crippen LogP) is 2.42. The first-order chi connectivity index (χ1) is 6.77. The number of benzene rings is 1. The lowest BCUT2D eigenvalue weighted by molar-refractivity contribution is -0.0852. The monoisotopic (exact) mass is 192 g/mol. The summed E-state index contributed by atoms with van der Waals surface area (Å²) in [6, 6.07) is 1.91. The second kappa shape index (κ2) is 3.25. The molecule has 0 saturated carbocycles. The van der Waals surface area contributed by atoms with E-state index in [0.717, 1.165) is 17.5 Å². The molecule has 0 amide bonds. The van der Waals surface area contributed by atoms with E-state index in [1.807, 2.05) is 19.1 Å². The lowest BCUT2D eigenvalue weighted by Crippen LogP contribution is -1.94. The standard InChI is InChI=1S/C11H12O3/c1-4-5-8-7(2)6-9-11(12-3)10(8)14-13-9/h4,6H,1,5H2,2-3H3. The highest BCUT2D eigenvalue weighted by atomic mass is 17.2. The summed E-state index contributed by atoms with van der Waals surface area (Å²) in [4.78, 5) is 10.1. The van der Waals surface area contributed by atoms with Crippen LogP contribution in [0.15, 0.2) is 18.7 Å². The first-order valence-corrected chi connectivity index (χ1v) is 4.43. The van der Waals surface area contributed by atoms with Crippen molar-refractivity contribution in [3.8, 4) is 17.2 Å². The molecule has 2 rings (SSSR count). The largest absolute Gasteiger partial charge is 0.489 e. The van der Waals surface area contributed by atoms with Crippen molar-refractivity contribution in [1.82, 2.24) is 0 Å². The summed E-state index contributed by atoms with van der Waals surface area (Å²) in [7, 11) is 1.60. The Balaban J connectivity index is 2.57. The number of methoxy groups -OCH3 is 1. The number of rotatable bonds is 3. The predicted molar refractivity (Wildman–Crippen MR) is 52.9 cm³/mol. The average Bonchev–Trinajstić information content (AvgIpc) is 2.49. The molecule has 0 fully saturated rings. The molecule has 1 aliphatic heterocycles. The quantitative estimate of drug-likeness (QED) is 0.543. The Hall–Kier alpha value is -1.64. The molecule has 3 heteroatoms. The van der Waals surface area contributed by atoms with Crippen molar-refractivity contribution in [2.45, 2.75) is 13.3 Å². The molecule has 1 aliphatic rings. The summed E-state index contributed by atoms with van der Waals surface area (Å²) >= 11 is 0. The molecule has 1 aromatic carbocycles. The van der Waals surface area contributed by atoms with Gasteiger partial charge in [0.25, 0.3) is 0 Å². The molecule has 1 heterocycles. The number of hydrogen-bond acceptors (Lipinski definition) is 3. The van der Waals surface area contributed by atoms with Gasteiger partial charge in [-0.3, -0.25) is 9.78 Å². The van der Waals surface area contributed by atoms with E-state index in [2.05, 4.69) is 6.58 Å². The Morgan fingerprint density at radius 2 is 2.29 bits per heavy atom. The van der Waals surface area contributed by atoms with Crippen molar-refractivity contribution in [2.24, 2.45) is 0 Å². The van der Waals surface area contributed by atoms with Crippen molar-refractivity contribution in [2.75, 3.05) is 7.11 Å². The summed E-state index contributed by atoms with van der Waals surface area (Å²) < 4.78 is 5.20. The number of allylic oxidation sites excluding steroid dienone is 1. The van der Waals surface area contributed by atoms with Gasteiger partial charge in [-0.2, -0.15) is 0 Å². The molecule has 74 valence electrons. The topological polar surface area (TPSA) is 27.7 Å². The zero-order valence-electron chi connectivity index (χ0n) is 8.29. The molecule has 0 spiro atoms. The van der Waals surface area contributed by atoms with E-state index in [1.165, 1.54) is 0 Å². The molecular formula is C11H12O3. The van der Waals surface area contributed by atoms with E-state index in [0.29, 0.717) is 17.2 Å². The van der Waals surface area contributed by atoms with Gasteiger partial charge in [0.2, 0.25) is 17.2 Å². The van der Waals surface area contributed by atoms with Gasteiger partial charge in [-0.25, -0.2) is 0 Å². The summed E-state index contributed by atoms with van der Waals surface area (Å²) in [6.07, 6.45) is 2.58. The van der Waals surface area contributed by atoms with Gasteiger partial charge in [-0.1, -0.05) is 6.08 Å². The van der Waals surface area contributed by atoms with Crippen LogP contribution < -0.4 is 14.5 Å². The van der Waals surface area contributed by atoms with Gasteiger partial charge in [0.05, 0.1) is 7.11 Å². The molecule has 0 unspecified atom stereocenters. The van der Waals surface area contributed by atoms with Gasteiger partial charge < -0.3 is 4.74 Å². The molecule has 0 atom stereocenters. The van der Waals surface area contributed by atoms with Crippen LogP contribution in [0.3, 0.4) is 0 Å². The third-order valence-corrected chi connectivity index (χ3v) is 2.30. The van der Waals surface area contributed by atoms with Gasteiger partial charge in [0, 0.05) is 5.56 Å². The van der Waals surface area contributed by atoms with Crippen LogP contribution in [0.2, 0.25) is 0 Å². The van der Waals surface area contributed by atoms with E-state index < -0.39 is 0 Å². The number of fused-ring (bicyclic) bond motifs is 2. The van der Waals surface area contributed by atoms with Crippen LogP contribution in [-0.2, 0) is 6.42 Å². The van der Waals surface area contributed by atoms with Crippen LogP contribution >= 0.6 is 0 Å². The number of hydrogen-bond donors (Lipinski definition) is 0. The Labute approximate surface area is 82.8 Å². The summed E-state index contributed by atoms with van der Waals surface area (Å²) in [5, 5.41) is 0. The van der Waals surface area contributed by atoms with Gasteiger partial charge in [-0.15, -0.1) is 6.58 Å². The Bertz CT molecular complexity index is 383. The molecule has 1 aromatic rings. The van der Waals surface area contributed by atoms with E-state index in [4.69, 9.17) is 14.5 Å². The van der Waals surface area contributed by atoms with Crippen LogP contribution in [0.1, 0.15) is 11.1 Å². The lowest BCUT2D eigenvalue weighted by Gasteiger charge is -2.05. The number of aryl methyl sites for hydroxylation is 1. The van der Waals surface area contributed by atoms with Crippen molar-refractivity contribution in [1.29, 1.82) is 0 Å². The summed E-state index contributed by atoms with van der Waals surface area (Å²) in [5.74, 6) is 2.00. The molecular weight excluding hydrogens is 180 g/mol. The first-order valence-electron chi connectivity index (χ1n) is 4.43. The van der Waals surface area contributed by atoms with Crippen LogP contribution in [0.4, 0.5) is 0 Å². The smallest absolute Gasteiger partial charge is 0.228 e. The third kappa shape index (κ3) is 1.13. The van der Waals surface area contributed by atoms with Crippen LogP contribution in [-0.4, -0.2) is 7.11 Å². The molecule has 0 aromatic heterocycles. The SMILES string of the molecule is C=CCc1c(C)cc2c(OC)c1OO2. The second-order valence-corrected chi connectivity index (χ2v) is 3.19. The molecule has 14 heavy (non-hydrogen) atoms. The fourth-order valence-corrected chi connectivity index (χ4v) is 1.61. The minimum atomic E-state index is 0.646. The van der Waals surface area contributed by atoms with E-state index >= 15 is 0 Å². The molecule has 2 bridgehead atoms. The van der Waals surface area contributed by atoms with Crippen molar-refractivity contribution < 1.29 is 14.5 Å². The molecule has 0 radical (unpaired) electrons. The van der Waals surface area contributed by atoms with Crippen LogP contribution in [0.25, 0.3) is 0 Å². The minimum Gasteiger partial charge on any atom is -0.489 e. The molecule has 3 nitrogen and oxygen atoms in total. The van der Waals surface area contributed by atoms with Crippen molar-refractivity contribution in [3.05, 3.63) is 29.8 Å². The van der Waals surface area contributed by atoms with E-state index in [-0.39, 0.29) is 0 Å². The zero-order chi connectivity index (χ0) is 10.1.